The van der Waals surface area contributed by atoms with Crippen LogP contribution in [0.25, 0.3) is 0 Å². The molecule has 0 aliphatic rings. The van der Waals surface area contributed by atoms with Crippen LogP contribution < -0.4 is 11.1 Å². The van der Waals surface area contributed by atoms with Crippen LogP contribution in [0.1, 0.15) is 39.5 Å². The maximum Gasteiger partial charge on any atom is 0.222 e. The second-order valence-electron chi connectivity index (χ2n) is 4.18. The van der Waals surface area contributed by atoms with Gasteiger partial charge in [-0.05, 0) is 12.8 Å². The molecule has 104 valence electrons. The Bertz CT molecular complexity index is 295. The second kappa shape index (κ2) is 9.82. The molecule has 2 amide bonds. The van der Waals surface area contributed by atoms with E-state index in [1.54, 1.807) is 4.90 Å². The maximum atomic E-state index is 11.8. The van der Waals surface area contributed by atoms with Crippen LogP contribution in [0.2, 0.25) is 0 Å². The number of hydrogen-bond acceptors (Lipinski definition) is 3. The Labute approximate surface area is 114 Å². The van der Waals surface area contributed by atoms with Gasteiger partial charge in [-0.1, -0.05) is 19.1 Å². The van der Waals surface area contributed by atoms with Crippen molar-refractivity contribution >= 4 is 29.0 Å². The third-order valence-electron chi connectivity index (χ3n) is 2.42. The topological polar surface area (TPSA) is 75.4 Å². The first-order valence-electron chi connectivity index (χ1n) is 6.27. The van der Waals surface area contributed by atoms with E-state index in [1.165, 1.54) is 6.92 Å². The summed E-state index contributed by atoms with van der Waals surface area (Å²) in [5.74, 6) is 0.0705. The molecule has 18 heavy (non-hydrogen) atoms. The summed E-state index contributed by atoms with van der Waals surface area (Å²) in [6.45, 7) is 5.22. The predicted octanol–water partition coefficient (Wildman–Crippen LogP) is 0.818. The Kier molecular flexibility index (Phi) is 9.18. The fraction of sp³-hybridized carbons (Fsp3) is 0.750. The molecule has 0 radical (unpaired) electrons. The summed E-state index contributed by atoms with van der Waals surface area (Å²) in [5.41, 5.74) is 5.45. The largest absolute Gasteiger partial charge is 0.393 e. The third kappa shape index (κ3) is 8.92. The molecule has 0 aromatic heterocycles. The van der Waals surface area contributed by atoms with Crippen molar-refractivity contribution in [2.75, 3.05) is 19.6 Å². The number of amides is 2. The number of carbonyl (C=O) groups is 2. The lowest BCUT2D eigenvalue weighted by molar-refractivity contribution is -0.131. The van der Waals surface area contributed by atoms with Gasteiger partial charge in [0.15, 0.2) is 0 Å². The molecule has 0 spiro atoms. The van der Waals surface area contributed by atoms with Gasteiger partial charge >= 0.3 is 0 Å². The summed E-state index contributed by atoms with van der Waals surface area (Å²) < 4.78 is 0. The van der Waals surface area contributed by atoms with Gasteiger partial charge in [-0.25, -0.2) is 0 Å². The predicted molar refractivity (Wildman–Crippen MR) is 76.2 cm³/mol. The molecule has 0 aliphatic heterocycles. The minimum atomic E-state index is -0.0513. The van der Waals surface area contributed by atoms with Crippen molar-refractivity contribution < 1.29 is 9.59 Å². The summed E-state index contributed by atoms with van der Waals surface area (Å²) in [6.07, 6.45) is 2.66. The molecule has 0 bridgehead atoms. The minimum Gasteiger partial charge on any atom is -0.393 e. The molecule has 0 atom stereocenters. The molecular formula is C12H23N3O2S. The molecule has 0 heterocycles. The van der Waals surface area contributed by atoms with Crippen LogP contribution in [-0.2, 0) is 9.59 Å². The fourth-order valence-corrected chi connectivity index (χ4v) is 1.60. The van der Waals surface area contributed by atoms with Gasteiger partial charge in [0.25, 0.3) is 0 Å². The van der Waals surface area contributed by atoms with Crippen molar-refractivity contribution in [3.05, 3.63) is 0 Å². The van der Waals surface area contributed by atoms with E-state index < -0.39 is 0 Å². The first-order valence-corrected chi connectivity index (χ1v) is 6.68. The number of nitrogens with two attached hydrogens (primary N) is 1. The fourth-order valence-electron chi connectivity index (χ4n) is 1.51. The number of rotatable bonds is 9. The molecule has 0 aromatic rings. The molecule has 0 aromatic carbocycles. The van der Waals surface area contributed by atoms with Gasteiger partial charge in [0.1, 0.15) is 0 Å². The summed E-state index contributed by atoms with van der Waals surface area (Å²) in [7, 11) is 0. The van der Waals surface area contributed by atoms with E-state index in [2.05, 4.69) is 5.32 Å². The molecule has 6 heteroatoms. The summed E-state index contributed by atoms with van der Waals surface area (Å²) in [6, 6.07) is 0. The van der Waals surface area contributed by atoms with Gasteiger partial charge < -0.3 is 16.0 Å². The molecule has 0 saturated heterocycles. The lowest BCUT2D eigenvalue weighted by atomic mass is 10.2. The van der Waals surface area contributed by atoms with Crippen molar-refractivity contribution in [1.82, 2.24) is 10.2 Å². The monoisotopic (exact) mass is 273 g/mol. The summed E-state index contributed by atoms with van der Waals surface area (Å²) >= 11 is 4.82. The van der Waals surface area contributed by atoms with Crippen molar-refractivity contribution in [3.63, 3.8) is 0 Å². The molecule has 0 aliphatic carbocycles. The lowest BCUT2D eigenvalue weighted by Gasteiger charge is -2.22. The van der Waals surface area contributed by atoms with E-state index >= 15 is 0 Å². The van der Waals surface area contributed by atoms with Gasteiger partial charge in [0, 0.05) is 39.4 Å². The zero-order chi connectivity index (χ0) is 14.0. The maximum absolute atomic E-state index is 11.8. The van der Waals surface area contributed by atoms with Gasteiger partial charge in [0.05, 0.1) is 4.99 Å². The van der Waals surface area contributed by atoms with Gasteiger partial charge in [-0.2, -0.15) is 0 Å². The third-order valence-corrected chi connectivity index (χ3v) is 2.63. The van der Waals surface area contributed by atoms with Crippen molar-refractivity contribution in [1.29, 1.82) is 0 Å². The standard InChI is InChI=1S/C12H23N3O2S/c1-3-5-12(17)15(9-6-11(13)18)8-4-7-14-10(2)16/h3-9H2,1-2H3,(H2,13,18)(H,14,16). The van der Waals surface area contributed by atoms with Crippen LogP contribution >= 0.6 is 12.2 Å². The normalized spacial score (nSPS) is 9.89. The Morgan fingerprint density at radius 2 is 1.94 bits per heavy atom. The van der Waals surface area contributed by atoms with Gasteiger partial charge in [-0.15, -0.1) is 0 Å². The molecule has 0 rings (SSSR count). The van der Waals surface area contributed by atoms with Crippen molar-refractivity contribution in [2.24, 2.45) is 5.73 Å². The van der Waals surface area contributed by atoms with E-state index in [9.17, 15) is 9.59 Å². The first kappa shape index (κ1) is 16.8. The van der Waals surface area contributed by atoms with Crippen LogP contribution in [0.5, 0.6) is 0 Å². The number of nitrogens with zero attached hydrogens (tertiary/aromatic N) is 1. The Morgan fingerprint density at radius 3 is 2.44 bits per heavy atom. The van der Waals surface area contributed by atoms with E-state index in [0.29, 0.717) is 37.5 Å². The van der Waals surface area contributed by atoms with Crippen LogP contribution in [0.3, 0.4) is 0 Å². The average Bonchev–Trinajstić information content (AvgIpc) is 2.27. The van der Waals surface area contributed by atoms with Crippen molar-refractivity contribution in [2.45, 2.75) is 39.5 Å². The lowest BCUT2D eigenvalue weighted by Crippen LogP contribution is -2.36. The number of nitrogens with one attached hydrogen (secondary N) is 1. The Morgan fingerprint density at radius 1 is 1.28 bits per heavy atom. The zero-order valence-corrected chi connectivity index (χ0v) is 12.0. The zero-order valence-electron chi connectivity index (χ0n) is 11.2. The highest BCUT2D eigenvalue weighted by Crippen LogP contribution is 2.01. The molecule has 5 nitrogen and oxygen atoms in total. The van der Waals surface area contributed by atoms with E-state index in [-0.39, 0.29) is 11.8 Å². The number of thiocarbonyl (C=S) groups is 1. The first-order chi connectivity index (χ1) is 8.47. The summed E-state index contributed by atoms with van der Waals surface area (Å²) in [5, 5.41) is 2.71. The Balaban J connectivity index is 4.07. The van der Waals surface area contributed by atoms with Crippen LogP contribution in [-0.4, -0.2) is 41.3 Å². The molecule has 3 N–H and O–H groups in total. The van der Waals surface area contributed by atoms with Crippen LogP contribution in [0.4, 0.5) is 0 Å². The van der Waals surface area contributed by atoms with Gasteiger partial charge in [-0.3, -0.25) is 9.59 Å². The number of carbonyl (C=O) groups excluding carboxylic acids is 2. The second-order valence-corrected chi connectivity index (χ2v) is 4.71. The quantitative estimate of drug-likeness (QED) is 0.482. The van der Waals surface area contributed by atoms with Gasteiger partial charge in [0.2, 0.25) is 11.8 Å². The molecule has 0 saturated carbocycles. The average molecular weight is 273 g/mol. The molecule has 0 unspecified atom stereocenters. The van der Waals surface area contributed by atoms with E-state index in [4.69, 9.17) is 18.0 Å². The van der Waals surface area contributed by atoms with Crippen molar-refractivity contribution in [3.8, 4) is 0 Å². The SMILES string of the molecule is CCCC(=O)N(CCCNC(C)=O)CCC(N)=S. The summed E-state index contributed by atoms with van der Waals surface area (Å²) in [4.78, 5) is 24.7. The molecule has 0 fully saturated rings. The Hall–Kier alpha value is -1.17. The number of hydrogen-bond donors (Lipinski definition) is 2. The molecular weight excluding hydrogens is 250 g/mol. The van der Waals surface area contributed by atoms with Crippen LogP contribution in [0, 0.1) is 0 Å². The highest BCUT2D eigenvalue weighted by atomic mass is 32.1. The highest BCUT2D eigenvalue weighted by Gasteiger charge is 2.12. The minimum absolute atomic E-state index is 0.0513. The highest BCUT2D eigenvalue weighted by molar-refractivity contribution is 7.80. The van der Waals surface area contributed by atoms with Crippen LogP contribution in [0.15, 0.2) is 0 Å². The van der Waals surface area contributed by atoms with E-state index in [0.717, 1.165) is 12.8 Å². The smallest absolute Gasteiger partial charge is 0.222 e. The van der Waals surface area contributed by atoms with E-state index in [1.807, 2.05) is 6.92 Å².